The van der Waals surface area contributed by atoms with Crippen molar-refractivity contribution in [3.05, 3.63) is 46.6 Å². The largest absolute Gasteiger partial charge is 0.476 e. The Morgan fingerprint density at radius 2 is 2.00 bits per heavy atom. The molecule has 2 aromatic rings. The highest BCUT2D eigenvalue weighted by Gasteiger charge is 2.12. The van der Waals surface area contributed by atoms with Gasteiger partial charge in [0.25, 0.3) is 0 Å². The molecule has 0 saturated carbocycles. The number of nitrogens with one attached hydrogen (secondary N) is 1. The number of benzene rings is 1. The second-order valence-corrected chi connectivity index (χ2v) is 4.64. The van der Waals surface area contributed by atoms with Crippen molar-refractivity contribution in [1.82, 2.24) is 4.98 Å². The van der Waals surface area contributed by atoms with Gasteiger partial charge < -0.3 is 10.4 Å². The van der Waals surface area contributed by atoms with E-state index < -0.39 is 17.6 Å². The molecular weight excluding hydrogens is 274 g/mol. The van der Waals surface area contributed by atoms with Crippen molar-refractivity contribution >= 4 is 22.3 Å². The van der Waals surface area contributed by atoms with E-state index in [-0.39, 0.29) is 5.69 Å². The van der Waals surface area contributed by atoms with Crippen LogP contribution in [0.5, 0.6) is 0 Å². The van der Waals surface area contributed by atoms with Gasteiger partial charge in [-0.3, -0.25) is 0 Å². The standard InChI is InChI=1S/C12H10F2N2O2S/c13-8-3-7(4-9(14)5-8)1-2-15-11-10(12(17)18)16-6-19-11/h3-6,15H,1-2H2,(H,17,18). The zero-order valence-electron chi connectivity index (χ0n) is 9.69. The van der Waals surface area contributed by atoms with Crippen molar-refractivity contribution in [1.29, 1.82) is 0 Å². The topological polar surface area (TPSA) is 62.2 Å². The maximum atomic E-state index is 13.0. The zero-order valence-corrected chi connectivity index (χ0v) is 10.5. The van der Waals surface area contributed by atoms with Gasteiger partial charge in [-0.15, -0.1) is 11.3 Å². The van der Waals surface area contributed by atoms with Crippen LogP contribution in [0.3, 0.4) is 0 Å². The van der Waals surface area contributed by atoms with Crippen molar-refractivity contribution in [2.24, 2.45) is 0 Å². The predicted octanol–water partition coefficient (Wildman–Crippen LogP) is 2.77. The smallest absolute Gasteiger partial charge is 0.357 e. The van der Waals surface area contributed by atoms with Crippen LogP contribution >= 0.6 is 11.3 Å². The highest BCUT2D eigenvalue weighted by Crippen LogP contribution is 2.20. The Morgan fingerprint density at radius 3 is 2.63 bits per heavy atom. The summed E-state index contributed by atoms with van der Waals surface area (Å²) >= 11 is 1.17. The molecule has 4 nitrogen and oxygen atoms in total. The van der Waals surface area contributed by atoms with E-state index in [1.54, 1.807) is 0 Å². The lowest BCUT2D eigenvalue weighted by Gasteiger charge is -2.05. The van der Waals surface area contributed by atoms with E-state index in [0.29, 0.717) is 23.5 Å². The molecule has 100 valence electrons. The van der Waals surface area contributed by atoms with Gasteiger partial charge in [0.1, 0.15) is 16.6 Å². The lowest BCUT2D eigenvalue weighted by atomic mass is 10.1. The Kier molecular flexibility index (Phi) is 4.06. The van der Waals surface area contributed by atoms with Crippen molar-refractivity contribution in [2.75, 3.05) is 11.9 Å². The highest BCUT2D eigenvalue weighted by molar-refractivity contribution is 7.14. The van der Waals surface area contributed by atoms with Gasteiger partial charge in [0.15, 0.2) is 5.69 Å². The van der Waals surface area contributed by atoms with Gasteiger partial charge in [-0.2, -0.15) is 0 Å². The Hall–Kier alpha value is -2.02. The van der Waals surface area contributed by atoms with Crippen molar-refractivity contribution < 1.29 is 18.7 Å². The van der Waals surface area contributed by atoms with Gasteiger partial charge in [0.2, 0.25) is 0 Å². The molecule has 2 rings (SSSR count). The quantitative estimate of drug-likeness (QED) is 0.886. The molecule has 19 heavy (non-hydrogen) atoms. The Labute approximate surface area is 111 Å². The van der Waals surface area contributed by atoms with Crippen LogP contribution in [-0.2, 0) is 6.42 Å². The Balaban J connectivity index is 1.96. The summed E-state index contributed by atoms with van der Waals surface area (Å²) in [6, 6.07) is 3.30. The van der Waals surface area contributed by atoms with E-state index in [0.717, 1.165) is 6.07 Å². The van der Waals surface area contributed by atoms with Crippen molar-refractivity contribution in [3.63, 3.8) is 0 Å². The molecular formula is C12H10F2N2O2S. The number of carboxylic acid groups (broad SMARTS) is 1. The first-order valence-electron chi connectivity index (χ1n) is 5.42. The first-order chi connectivity index (χ1) is 9.06. The number of halogens is 2. The van der Waals surface area contributed by atoms with Crippen LogP contribution in [0.2, 0.25) is 0 Å². The van der Waals surface area contributed by atoms with Gasteiger partial charge in [-0.25, -0.2) is 18.6 Å². The van der Waals surface area contributed by atoms with E-state index in [9.17, 15) is 13.6 Å². The van der Waals surface area contributed by atoms with E-state index in [1.807, 2.05) is 0 Å². The molecule has 0 radical (unpaired) electrons. The fourth-order valence-electron chi connectivity index (χ4n) is 1.60. The number of carbonyl (C=O) groups is 1. The van der Waals surface area contributed by atoms with Gasteiger partial charge >= 0.3 is 5.97 Å². The van der Waals surface area contributed by atoms with Crippen LogP contribution in [0.4, 0.5) is 13.8 Å². The molecule has 1 aromatic heterocycles. The van der Waals surface area contributed by atoms with Crippen LogP contribution in [-0.4, -0.2) is 22.6 Å². The number of aromatic carboxylic acids is 1. The molecule has 7 heteroatoms. The summed E-state index contributed by atoms with van der Waals surface area (Å²) in [6.45, 7) is 0.366. The molecule has 0 fully saturated rings. The molecule has 0 unspecified atom stereocenters. The third kappa shape index (κ3) is 3.47. The fourth-order valence-corrected chi connectivity index (χ4v) is 2.30. The Bertz CT molecular complexity index is 581. The van der Waals surface area contributed by atoms with E-state index in [2.05, 4.69) is 10.3 Å². The third-order valence-corrected chi connectivity index (χ3v) is 3.18. The predicted molar refractivity (Wildman–Crippen MR) is 67.6 cm³/mol. The molecule has 1 heterocycles. The minimum absolute atomic E-state index is 0.0459. The van der Waals surface area contributed by atoms with E-state index in [1.165, 1.54) is 29.0 Å². The Morgan fingerprint density at radius 1 is 1.32 bits per heavy atom. The number of hydrogen-bond acceptors (Lipinski definition) is 4. The summed E-state index contributed by atoms with van der Waals surface area (Å²) in [6.07, 6.45) is 0.381. The van der Waals surface area contributed by atoms with Crippen LogP contribution in [0.1, 0.15) is 16.1 Å². The van der Waals surface area contributed by atoms with Crippen LogP contribution < -0.4 is 5.32 Å². The molecule has 0 aliphatic carbocycles. The number of thiazole rings is 1. The normalized spacial score (nSPS) is 10.4. The molecule has 0 amide bonds. The van der Waals surface area contributed by atoms with Gasteiger partial charge in [-0.1, -0.05) is 0 Å². The third-order valence-electron chi connectivity index (χ3n) is 2.39. The van der Waals surface area contributed by atoms with Crippen LogP contribution in [0, 0.1) is 11.6 Å². The van der Waals surface area contributed by atoms with Gasteiger partial charge in [0, 0.05) is 12.6 Å². The molecule has 0 bridgehead atoms. The maximum Gasteiger partial charge on any atom is 0.357 e. The lowest BCUT2D eigenvalue weighted by molar-refractivity contribution is 0.0692. The number of nitrogens with zero attached hydrogens (tertiary/aromatic N) is 1. The summed E-state index contributed by atoms with van der Waals surface area (Å²) in [5, 5.41) is 12.2. The van der Waals surface area contributed by atoms with E-state index in [4.69, 9.17) is 5.11 Å². The minimum atomic E-state index is -1.11. The average Bonchev–Trinajstić information content (AvgIpc) is 2.76. The second-order valence-electron chi connectivity index (χ2n) is 3.79. The monoisotopic (exact) mass is 284 g/mol. The fraction of sp³-hybridized carbons (Fsp3) is 0.167. The average molecular weight is 284 g/mol. The number of aromatic nitrogens is 1. The van der Waals surface area contributed by atoms with E-state index >= 15 is 0 Å². The summed E-state index contributed by atoms with van der Waals surface area (Å²) in [7, 11) is 0. The second kappa shape index (κ2) is 5.75. The highest BCUT2D eigenvalue weighted by atomic mass is 32.1. The van der Waals surface area contributed by atoms with Crippen molar-refractivity contribution in [2.45, 2.75) is 6.42 Å². The maximum absolute atomic E-state index is 13.0. The SMILES string of the molecule is O=C(O)c1ncsc1NCCc1cc(F)cc(F)c1. The van der Waals surface area contributed by atoms with Gasteiger partial charge in [0.05, 0.1) is 5.51 Å². The molecule has 2 N–H and O–H groups in total. The summed E-state index contributed by atoms with van der Waals surface area (Å²) in [4.78, 5) is 14.5. The summed E-state index contributed by atoms with van der Waals surface area (Å²) < 4.78 is 25.9. The number of carboxylic acids is 1. The van der Waals surface area contributed by atoms with Crippen LogP contribution in [0.15, 0.2) is 23.7 Å². The number of anilines is 1. The van der Waals surface area contributed by atoms with Crippen molar-refractivity contribution in [3.8, 4) is 0 Å². The first-order valence-corrected chi connectivity index (χ1v) is 6.30. The molecule has 0 aliphatic rings. The molecule has 0 atom stereocenters. The molecule has 0 aliphatic heterocycles. The molecule has 1 aromatic carbocycles. The lowest BCUT2D eigenvalue weighted by Crippen LogP contribution is -2.08. The number of hydrogen-bond donors (Lipinski definition) is 2. The van der Waals surface area contributed by atoms with Crippen LogP contribution in [0.25, 0.3) is 0 Å². The first kappa shape index (κ1) is 13.4. The zero-order chi connectivity index (χ0) is 13.8. The summed E-state index contributed by atoms with van der Waals surface area (Å²) in [5.74, 6) is -2.36. The molecule has 0 spiro atoms. The number of rotatable bonds is 5. The summed E-state index contributed by atoms with van der Waals surface area (Å²) in [5.41, 5.74) is 1.88. The minimum Gasteiger partial charge on any atom is -0.476 e. The molecule has 0 saturated heterocycles. The van der Waals surface area contributed by atoms with Gasteiger partial charge in [-0.05, 0) is 24.1 Å².